The second-order valence-corrected chi connectivity index (χ2v) is 5.24. The van der Waals surface area contributed by atoms with Gasteiger partial charge in [-0.15, -0.1) is 0 Å². The second kappa shape index (κ2) is 4.52. The van der Waals surface area contributed by atoms with Gasteiger partial charge in [0.1, 0.15) is 0 Å². The monoisotopic (exact) mass is 210 g/mol. The van der Waals surface area contributed by atoms with Crippen molar-refractivity contribution in [3.05, 3.63) is 0 Å². The molecule has 3 heteroatoms. The first-order valence-electron chi connectivity index (χ1n) is 6.19. The Morgan fingerprint density at radius 1 is 1.33 bits per heavy atom. The molecule has 0 atom stereocenters. The Morgan fingerprint density at radius 2 is 2.00 bits per heavy atom. The fourth-order valence-corrected chi connectivity index (χ4v) is 1.80. The Bertz CT molecular complexity index is 232. The Labute approximate surface area is 92.2 Å². The third kappa shape index (κ3) is 3.49. The molecule has 0 spiro atoms. The first-order chi connectivity index (χ1) is 7.16. The number of amides is 1. The summed E-state index contributed by atoms with van der Waals surface area (Å²) in [6, 6.07) is 0.975. The molecule has 2 aliphatic rings. The molecular formula is C12H22N2O. The van der Waals surface area contributed by atoms with Gasteiger partial charge in [-0.05, 0) is 45.4 Å². The fraction of sp³-hybridized carbons (Fsp3) is 0.917. The van der Waals surface area contributed by atoms with E-state index < -0.39 is 0 Å². The Hall–Kier alpha value is -0.570. The van der Waals surface area contributed by atoms with Crippen molar-refractivity contribution in [2.75, 3.05) is 13.1 Å². The molecule has 86 valence electrons. The van der Waals surface area contributed by atoms with Crippen molar-refractivity contribution in [2.24, 2.45) is 5.92 Å². The van der Waals surface area contributed by atoms with Crippen molar-refractivity contribution in [1.82, 2.24) is 10.2 Å². The van der Waals surface area contributed by atoms with E-state index in [0.717, 1.165) is 12.5 Å². The van der Waals surface area contributed by atoms with Crippen molar-refractivity contribution < 1.29 is 4.79 Å². The lowest BCUT2D eigenvalue weighted by Crippen LogP contribution is -2.43. The van der Waals surface area contributed by atoms with Crippen molar-refractivity contribution in [1.29, 1.82) is 0 Å². The molecule has 0 radical (unpaired) electrons. The van der Waals surface area contributed by atoms with Gasteiger partial charge < -0.3 is 10.2 Å². The van der Waals surface area contributed by atoms with Crippen molar-refractivity contribution in [2.45, 2.75) is 51.6 Å². The van der Waals surface area contributed by atoms with E-state index in [1.165, 1.54) is 25.7 Å². The van der Waals surface area contributed by atoms with Gasteiger partial charge in [-0.2, -0.15) is 0 Å². The van der Waals surface area contributed by atoms with Crippen molar-refractivity contribution >= 4 is 5.91 Å². The molecule has 3 nitrogen and oxygen atoms in total. The lowest BCUT2D eigenvalue weighted by molar-refractivity contribution is -0.132. The van der Waals surface area contributed by atoms with Crippen LogP contribution in [0.3, 0.4) is 0 Å². The molecule has 0 saturated heterocycles. The van der Waals surface area contributed by atoms with E-state index in [9.17, 15) is 4.79 Å². The summed E-state index contributed by atoms with van der Waals surface area (Å²) in [5, 5.41) is 3.29. The number of carbonyl (C=O) groups excluding carboxylic acids is 1. The normalized spacial score (nSPS) is 20.7. The van der Waals surface area contributed by atoms with E-state index in [0.29, 0.717) is 18.6 Å². The average Bonchev–Trinajstić information content (AvgIpc) is 3.02. The standard InChI is InChI=1S/C12H22N2O/c1-9(2)14(8-10-3-4-10)12(15)7-13-11-5-6-11/h9-11,13H,3-8H2,1-2H3. The van der Waals surface area contributed by atoms with Crippen molar-refractivity contribution in [3.63, 3.8) is 0 Å². The third-order valence-electron chi connectivity index (χ3n) is 3.21. The summed E-state index contributed by atoms with van der Waals surface area (Å²) in [7, 11) is 0. The van der Waals surface area contributed by atoms with Crippen LogP contribution >= 0.6 is 0 Å². The molecule has 0 bridgehead atoms. The van der Waals surface area contributed by atoms with Crippen LogP contribution in [0.25, 0.3) is 0 Å². The van der Waals surface area contributed by atoms with Gasteiger partial charge in [-0.1, -0.05) is 0 Å². The highest BCUT2D eigenvalue weighted by atomic mass is 16.2. The smallest absolute Gasteiger partial charge is 0.236 e. The summed E-state index contributed by atoms with van der Waals surface area (Å²) in [6.07, 6.45) is 5.12. The Balaban J connectivity index is 1.75. The van der Waals surface area contributed by atoms with Gasteiger partial charge in [-0.25, -0.2) is 0 Å². The SMILES string of the molecule is CC(C)N(CC1CC1)C(=O)CNC1CC1. The van der Waals surface area contributed by atoms with Crippen LogP contribution in [0.1, 0.15) is 39.5 Å². The third-order valence-corrected chi connectivity index (χ3v) is 3.21. The minimum absolute atomic E-state index is 0.281. The van der Waals surface area contributed by atoms with Crippen LogP contribution in [0.4, 0.5) is 0 Å². The zero-order chi connectivity index (χ0) is 10.8. The first-order valence-corrected chi connectivity index (χ1v) is 6.19. The number of hydrogen-bond acceptors (Lipinski definition) is 2. The zero-order valence-electron chi connectivity index (χ0n) is 9.83. The topological polar surface area (TPSA) is 32.3 Å². The highest BCUT2D eigenvalue weighted by molar-refractivity contribution is 5.78. The number of rotatable bonds is 6. The Kier molecular flexibility index (Phi) is 3.29. The van der Waals surface area contributed by atoms with Gasteiger partial charge in [-0.3, -0.25) is 4.79 Å². The molecule has 2 aliphatic carbocycles. The van der Waals surface area contributed by atoms with E-state index in [1.807, 2.05) is 4.90 Å². The van der Waals surface area contributed by atoms with Gasteiger partial charge in [0.25, 0.3) is 0 Å². The zero-order valence-corrected chi connectivity index (χ0v) is 9.83. The molecule has 2 saturated carbocycles. The van der Waals surface area contributed by atoms with E-state index in [2.05, 4.69) is 19.2 Å². The summed E-state index contributed by atoms with van der Waals surface area (Å²) in [4.78, 5) is 14.0. The molecule has 0 unspecified atom stereocenters. The van der Waals surface area contributed by atoms with Gasteiger partial charge in [0.2, 0.25) is 5.91 Å². The molecule has 15 heavy (non-hydrogen) atoms. The molecule has 0 aromatic heterocycles. The quantitative estimate of drug-likeness (QED) is 0.718. The predicted octanol–water partition coefficient (Wildman–Crippen LogP) is 1.39. The number of nitrogens with one attached hydrogen (secondary N) is 1. The maximum absolute atomic E-state index is 11.9. The van der Waals surface area contributed by atoms with Crippen LogP contribution < -0.4 is 5.32 Å². The summed E-state index contributed by atoms with van der Waals surface area (Å²) < 4.78 is 0. The van der Waals surface area contributed by atoms with E-state index in [4.69, 9.17) is 0 Å². The number of carbonyl (C=O) groups is 1. The fourth-order valence-electron chi connectivity index (χ4n) is 1.80. The maximum atomic E-state index is 11.9. The average molecular weight is 210 g/mol. The van der Waals surface area contributed by atoms with Crippen LogP contribution in [-0.4, -0.2) is 36.0 Å². The van der Waals surface area contributed by atoms with Gasteiger partial charge in [0.15, 0.2) is 0 Å². The Morgan fingerprint density at radius 3 is 2.47 bits per heavy atom. The lowest BCUT2D eigenvalue weighted by Gasteiger charge is -2.27. The molecule has 2 fully saturated rings. The minimum Gasteiger partial charge on any atom is -0.339 e. The summed E-state index contributed by atoms with van der Waals surface area (Å²) in [5.74, 6) is 1.07. The summed E-state index contributed by atoms with van der Waals surface area (Å²) in [6.45, 7) is 5.73. The van der Waals surface area contributed by atoms with Crippen LogP contribution in [0, 0.1) is 5.92 Å². The highest BCUT2D eigenvalue weighted by Crippen LogP contribution is 2.30. The van der Waals surface area contributed by atoms with Gasteiger partial charge in [0, 0.05) is 18.6 Å². The molecule has 0 heterocycles. The lowest BCUT2D eigenvalue weighted by atomic mass is 10.2. The predicted molar refractivity (Wildman–Crippen MR) is 60.6 cm³/mol. The number of hydrogen-bond donors (Lipinski definition) is 1. The molecule has 0 aliphatic heterocycles. The molecular weight excluding hydrogens is 188 g/mol. The highest BCUT2D eigenvalue weighted by Gasteiger charge is 2.29. The first kappa shape index (κ1) is 10.9. The molecule has 2 rings (SSSR count). The largest absolute Gasteiger partial charge is 0.339 e. The van der Waals surface area contributed by atoms with Crippen LogP contribution in [0.5, 0.6) is 0 Å². The van der Waals surface area contributed by atoms with Crippen LogP contribution in [0.2, 0.25) is 0 Å². The van der Waals surface area contributed by atoms with E-state index in [1.54, 1.807) is 0 Å². The van der Waals surface area contributed by atoms with Crippen LogP contribution in [-0.2, 0) is 4.79 Å². The minimum atomic E-state index is 0.281. The summed E-state index contributed by atoms with van der Waals surface area (Å²) in [5.41, 5.74) is 0. The van der Waals surface area contributed by atoms with E-state index >= 15 is 0 Å². The van der Waals surface area contributed by atoms with Gasteiger partial charge in [0.05, 0.1) is 6.54 Å². The van der Waals surface area contributed by atoms with Crippen molar-refractivity contribution in [3.8, 4) is 0 Å². The number of nitrogens with zero attached hydrogens (tertiary/aromatic N) is 1. The van der Waals surface area contributed by atoms with E-state index in [-0.39, 0.29) is 5.91 Å². The molecule has 1 N–H and O–H groups in total. The molecule has 0 aromatic rings. The second-order valence-electron chi connectivity index (χ2n) is 5.24. The summed E-state index contributed by atoms with van der Waals surface area (Å²) >= 11 is 0. The van der Waals surface area contributed by atoms with Crippen LogP contribution in [0.15, 0.2) is 0 Å². The maximum Gasteiger partial charge on any atom is 0.236 e. The molecule has 0 aromatic carbocycles. The van der Waals surface area contributed by atoms with Gasteiger partial charge >= 0.3 is 0 Å². The molecule has 1 amide bonds.